The molecule has 25 heavy (non-hydrogen) atoms. The van der Waals surface area contributed by atoms with E-state index in [1.54, 1.807) is 42.9 Å². The molecular weight excluding hydrogens is 400 g/mol. The van der Waals surface area contributed by atoms with Gasteiger partial charge in [0.1, 0.15) is 0 Å². The molecule has 0 aliphatic carbocycles. The number of nitrogens with zero attached hydrogens (tertiary/aromatic N) is 1. The molecule has 0 aliphatic heterocycles. The minimum absolute atomic E-state index is 0.0260. The highest BCUT2D eigenvalue weighted by atomic mass is 79.9. The highest BCUT2D eigenvalue weighted by molar-refractivity contribution is 9.10. The normalized spacial score (nSPS) is 10.4. The molecule has 4 nitrogen and oxygen atoms in total. The molecule has 2 amide bonds. The monoisotopic (exact) mass is 420 g/mol. The van der Waals surface area contributed by atoms with E-state index < -0.39 is 0 Å². The summed E-state index contributed by atoms with van der Waals surface area (Å²) >= 11 is 5.07. The Morgan fingerprint density at radius 3 is 2.28 bits per heavy atom. The molecule has 0 saturated heterocycles. The van der Waals surface area contributed by atoms with Crippen LogP contribution in [0.2, 0.25) is 0 Å². The van der Waals surface area contributed by atoms with Crippen LogP contribution in [0.3, 0.4) is 0 Å². The topological polar surface area (TPSA) is 49.4 Å². The lowest BCUT2D eigenvalue weighted by atomic mass is 10.1. The summed E-state index contributed by atoms with van der Waals surface area (Å²) < 4.78 is 1.05. The van der Waals surface area contributed by atoms with Crippen molar-refractivity contribution in [3.63, 3.8) is 0 Å². The summed E-state index contributed by atoms with van der Waals surface area (Å²) in [5, 5.41) is 2.91. The fraction of sp³-hybridized carbons (Fsp3) is 0.263. The number of amides is 2. The van der Waals surface area contributed by atoms with Gasteiger partial charge in [-0.1, -0.05) is 28.1 Å². The van der Waals surface area contributed by atoms with Gasteiger partial charge in [-0.05, 0) is 42.0 Å². The summed E-state index contributed by atoms with van der Waals surface area (Å²) in [6, 6.07) is 15.4. The van der Waals surface area contributed by atoms with Crippen molar-refractivity contribution in [1.29, 1.82) is 0 Å². The molecule has 0 spiro atoms. The van der Waals surface area contributed by atoms with E-state index in [1.165, 1.54) is 0 Å². The first-order chi connectivity index (χ1) is 12.0. The number of carbonyl (C=O) groups excluding carboxylic acids is 2. The number of thioether (sulfide) groups is 1. The molecule has 2 rings (SSSR count). The zero-order valence-electron chi connectivity index (χ0n) is 14.3. The SMILES string of the molecule is CN(C)C(=O)c1ccc(CNC(=O)CCSc2ccc(Br)cc2)cc1. The maximum absolute atomic E-state index is 11.9. The number of nitrogens with one attached hydrogen (secondary N) is 1. The summed E-state index contributed by atoms with van der Waals surface area (Å²) in [5.74, 6) is 0.739. The molecule has 2 aromatic rings. The zero-order valence-corrected chi connectivity index (χ0v) is 16.7. The summed E-state index contributed by atoms with van der Waals surface area (Å²) in [6.45, 7) is 0.470. The number of hydrogen-bond donors (Lipinski definition) is 1. The maximum Gasteiger partial charge on any atom is 0.253 e. The van der Waals surface area contributed by atoms with Crippen LogP contribution in [0.1, 0.15) is 22.3 Å². The Bertz CT molecular complexity index is 715. The van der Waals surface area contributed by atoms with E-state index in [-0.39, 0.29) is 11.8 Å². The van der Waals surface area contributed by atoms with Gasteiger partial charge < -0.3 is 10.2 Å². The van der Waals surface area contributed by atoms with Crippen molar-refractivity contribution in [3.05, 3.63) is 64.1 Å². The van der Waals surface area contributed by atoms with E-state index in [4.69, 9.17) is 0 Å². The van der Waals surface area contributed by atoms with E-state index in [2.05, 4.69) is 21.2 Å². The fourth-order valence-electron chi connectivity index (χ4n) is 2.10. The van der Waals surface area contributed by atoms with E-state index in [0.717, 1.165) is 20.7 Å². The van der Waals surface area contributed by atoms with Crippen LogP contribution in [-0.4, -0.2) is 36.6 Å². The van der Waals surface area contributed by atoms with E-state index in [1.807, 2.05) is 36.4 Å². The Morgan fingerprint density at radius 2 is 1.68 bits per heavy atom. The van der Waals surface area contributed by atoms with E-state index in [9.17, 15) is 9.59 Å². The van der Waals surface area contributed by atoms with Crippen LogP contribution >= 0.6 is 27.7 Å². The first-order valence-corrected chi connectivity index (χ1v) is 9.69. The molecule has 0 fully saturated rings. The van der Waals surface area contributed by atoms with Gasteiger partial charge in [0.05, 0.1) is 0 Å². The predicted molar refractivity (Wildman–Crippen MR) is 106 cm³/mol. The molecule has 0 atom stereocenters. The van der Waals surface area contributed by atoms with Gasteiger partial charge in [-0.3, -0.25) is 9.59 Å². The molecule has 1 N–H and O–H groups in total. The van der Waals surface area contributed by atoms with Crippen molar-refractivity contribution in [2.45, 2.75) is 17.9 Å². The third-order valence-electron chi connectivity index (χ3n) is 3.51. The van der Waals surface area contributed by atoms with Gasteiger partial charge in [0.15, 0.2) is 0 Å². The quantitative estimate of drug-likeness (QED) is 0.689. The second kappa shape index (κ2) is 9.63. The number of halogens is 1. The standard InChI is InChI=1S/C19H21BrN2O2S/c1-22(2)19(24)15-5-3-14(4-6-15)13-21-18(23)11-12-25-17-9-7-16(20)8-10-17/h3-10H,11-13H2,1-2H3,(H,21,23). The number of carbonyl (C=O) groups is 2. The average molecular weight is 421 g/mol. The summed E-state index contributed by atoms with van der Waals surface area (Å²) in [6.07, 6.45) is 0.470. The lowest BCUT2D eigenvalue weighted by molar-refractivity contribution is -0.120. The van der Waals surface area contributed by atoms with Gasteiger partial charge in [-0.15, -0.1) is 11.8 Å². The minimum atomic E-state index is -0.0273. The third-order valence-corrected chi connectivity index (χ3v) is 5.05. The minimum Gasteiger partial charge on any atom is -0.352 e. The molecule has 0 aromatic heterocycles. The van der Waals surface area contributed by atoms with Crippen molar-refractivity contribution in [3.8, 4) is 0 Å². The second-order valence-corrected chi connectivity index (χ2v) is 7.81. The Morgan fingerprint density at radius 1 is 1.04 bits per heavy atom. The van der Waals surface area contributed by atoms with Crippen molar-refractivity contribution >= 4 is 39.5 Å². The first kappa shape index (κ1) is 19.5. The smallest absolute Gasteiger partial charge is 0.253 e. The lowest BCUT2D eigenvalue weighted by Crippen LogP contribution is -2.23. The van der Waals surface area contributed by atoms with Gasteiger partial charge in [0.25, 0.3) is 5.91 Å². The van der Waals surface area contributed by atoms with Crippen molar-refractivity contribution < 1.29 is 9.59 Å². The van der Waals surface area contributed by atoms with E-state index >= 15 is 0 Å². The summed E-state index contributed by atoms with van der Waals surface area (Å²) in [5.41, 5.74) is 1.62. The molecule has 0 unspecified atom stereocenters. The first-order valence-electron chi connectivity index (χ1n) is 7.91. The average Bonchev–Trinajstić information content (AvgIpc) is 2.61. The second-order valence-electron chi connectivity index (χ2n) is 5.73. The third kappa shape index (κ3) is 6.55. The van der Waals surface area contributed by atoms with Gasteiger partial charge in [0.2, 0.25) is 5.91 Å². The van der Waals surface area contributed by atoms with Crippen LogP contribution in [0.4, 0.5) is 0 Å². The zero-order chi connectivity index (χ0) is 18.2. The largest absolute Gasteiger partial charge is 0.352 e. The molecule has 0 aliphatic rings. The number of benzene rings is 2. The van der Waals surface area contributed by atoms with Crippen molar-refractivity contribution in [2.24, 2.45) is 0 Å². The van der Waals surface area contributed by atoms with Gasteiger partial charge in [-0.2, -0.15) is 0 Å². The highest BCUT2D eigenvalue weighted by Crippen LogP contribution is 2.21. The van der Waals surface area contributed by atoms with E-state index in [0.29, 0.717) is 18.5 Å². The van der Waals surface area contributed by atoms with Crippen LogP contribution < -0.4 is 5.32 Å². The van der Waals surface area contributed by atoms with Crippen LogP contribution in [-0.2, 0) is 11.3 Å². The Balaban J connectivity index is 1.72. The van der Waals surface area contributed by atoms with Crippen molar-refractivity contribution in [2.75, 3.05) is 19.8 Å². The molecular formula is C19H21BrN2O2S. The Hall–Kier alpha value is -1.79. The summed E-state index contributed by atoms with van der Waals surface area (Å²) in [7, 11) is 3.45. The lowest BCUT2D eigenvalue weighted by Gasteiger charge is -2.11. The van der Waals surface area contributed by atoms with Gasteiger partial charge in [-0.25, -0.2) is 0 Å². The molecule has 0 saturated carbocycles. The number of hydrogen-bond acceptors (Lipinski definition) is 3. The van der Waals surface area contributed by atoms with Crippen molar-refractivity contribution in [1.82, 2.24) is 10.2 Å². The van der Waals surface area contributed by atoms with Gasteiger partial charge >= 0.3 is 0 Å². The summed E-state index contributed by atoms with van der Waals surface area (Å²) in [4.78, 5) is 26.5. The molecule has 0 radical (unpaired) electrons. The highest BCUT2D eigenvalue weighted by Gasteiger charge is 2.07. The molecule has 2 aromatic carbocycles. The van der Waals surface area contributed by atoms with Crippen LogP contribution in [0.15, 0.2) is 57.9 Å². The van der Waals surface area contributed by atoms with Crippen LogP contribution in [0, 0.1) is 0 Å². The predicted octanol–water partition coefficient (Wildman–Crippen LogP) is 3.95. The van der Waals surface area contributed by atoms with Crippen LogP contribution in [0.5, 0.6) is 0 Å². The molecule has 132 valence electrons. The Kier molecular flexibility index (Phi) is 7.52. The number of rotatable bonds is 7. The van der Waals surface area contributed by atoms with Gasteiger partial charge in [0, 0.05) is 47.7 Å². The fourth-order valence-corrected chi connectivity index (χ4v) is 3.22. The molecule has 0 bridgehead atoms. The Labute approximate surface area is 161 Å². The molecule has 0 heterocycles. The van der Waals surface area contributed by atoms with Crippen LogP contribution in [0.25, 0.3) is 0 Å². The maximum atomic E-state index is 11.9. The molecule has 6 heteroatoms.